The lowest BCUT2D eigenvalue weighted by Crippen LogP contribution is -2.69. The van der Waals surface area contributed by atoms with E-state index in [2.05, 4.69) is 35.6 Å². The molecular weight excluding hydrogens is 844 g/mol. The molecule has 17 nitrogen and oxygen atoms in total. The van der Waals surface area contributed by atoms with E-state index >= 15 is 8.78 Å². The molecule has 0 spiro atoms. The lowest BCUT2D eigenvalue weighted by molar-refractivity contribution is -0.154. The van der Waals surface area contributed by atoms with Gasteiger partial charge in [0, 0.05) is 109 Å². The van der Waals surface area contributed by atoms with Crippen molar-refractivity contribution in [3.63, 3.8) is 0 Å². The maximum Gasteiger partial charge on any atom is 0.329 e. The topological polar surface area (TPSA) is 161 Å². The summed E-state index contributed by atoms with van der Waals surface area (Å²) in [6.45, 7) is 5.64. The molecule has 5 fully saturated rings. The molecule has 3 amide bonds. The van der Waals surface area contributed by atoms with Crippen LogP contribution in [0.5, 0.6) is 0 Å². The fraction of sp³-hybridized carbons (Fsp3) is 0.511. The lowest BCUT2D eigenvalue weighted by Gasteiger charge is -2.53. The van der Waals surface area contributed by atoms with E-state index in [4.69, 9.17) is 5.10 Å². The zero-order chi connectivity index (χ0) is 44.9. The number of alkyl halides is 3. The monoisotopic (exact) mass is 895 g/mol. The van der Waals surface area contributed by atoms with Gasteiger partial charge in [-0.3, -0.25) is 43.5 Å². The van der Waals surface area contributed by atoms with Crippen molar-refractivity contribution >= 4 is 57.3 Å². The van der Waals surface area contributed by atoms with E-state index in [0.29, 0.717) is 80.2 Å². The SMILES string of the molecule is CNc1cc(N2CCc3c(CN4CCC(N5CC(N6CCN(c7ccc8c(c7)n(C)c(=O)n8C7CCC(=O)NC7=O)CC6)C5)C(F)(F)C4)cccc32)nn2c(C(=O)NC3CC3F)cnc12. The van der Waals surface area contributed by atoms with Crippen LogP contribution in [0.25, 0.3) is 16.7 Å². The first-order chi connectivity index (χ1) is 31.3. The summed E-state index contributed by atoms with van der Waals surface area (Å²) in [5.41, 5.74) is 6.47. The third-order valence-corrected chi connectivity index (χ3v) is 14.5. The van der Waals surface area contributed by atoms with Gasteiger partial charge in [-0.2, -0.15) is 0 Å². The second-order valence-corrected chi connectivity index (χ2v) is 18.5. The van der Waals surface area contributed by atoms with Crippen LogP contribution in [0.4, 0.5) is 36.1 Å². The van der Waals surface area contributed by atoms with Gasteiger partial charge in [-0.05, 0) is 54.7 Å². The highest BCUT2D eigenvalue weighted by molar-refractivity contribution is 6.00. The quantitative estimate of drug-likeness (QED) is 0.176. The fourth-order valence-corrected chi connectivity index (χ4v) is 10.8. The number of aryl methyl sites for hydroxylation is 1. The number of likely N-dealkylation sites (tertiary alicyclic amines) is 2. The predicted octanol–water partition coefficient (Wildman–Crippen LogP) is 2.65. The normalized spacial score (nSPS) is 25.2. The minimum atomic E-state index is -2.87. The molecule has 8 heterocycles. The molecule has 6 aliphatic rings. The summed E-state index contributed by atoms with van der Waals surface area (Å²) in [5, 5.41) is 13.0. The van der Waals surface area contributed by atoms with E-state index in [1.54, 1.807) is 18.7 Å². The summed E-state index contributed by atoms with van der Waals surface area (Å²) in [7, 11) is 3.47. The molecule has 5 aliphatic heterocycles. The summed E-state index contributed by atoms with van der Waals surface area (Å²) in [4.78, 5) is 65.7. The van der Waals surface area contributed by atoms with Crippen LogP contribution in [0.1, 0.15) is 53.3 Å². The van der Waals surface area contributed by atoms with E-state index in [1.165, 1.54) is 15.3 Å². The van der Waals surface area contributed by atoms with Crippen molar-refractivity contribution in [1.82, 2.24) is 49.1 Å². The number of hydrogen-bond donors (Lipinski definition) is 3. The van der Waals surface area contributed by atoms with Crippen LogP contribution < -0.4 is 31.4 Å². The number of aromatic nitrogens is 5. The fourth-order valence-electron chi connectivity index (χ4n) is 10.8. The number of imidazole rings is 2. The van der Waals surface area contributed by atoms with Gasteiger partial charge >= 0.3 is 5.69 Å². The van der Waals surface area contributed by atoms with Crippen LogP contribution in [0.2, 0.25) is 0 Å². The number of piperidine rings is 2. The van der Waals surface area contributed by atoms with Gasteiger partial charge in [0.25, 0.3) is 11.8 Å². The number of carbonyl (C=O) groups excluding carboxylic acids is 3. The number of imide groups is 1. The largest absolute Gasteiger partial charge is 0.385 e. The first-order valence-electron chi connectivity index (χ1n) is 22.6. The standard InChI is InChI=1S/C45H52F3N13O4/c1-49-32-20-39(53-61-37(21-50-41(32)61)43(64)51-31-19-30(31)46)59-13-10-29-26(4-3-5-33(29)59)22-55-12-11-38(45(47,48)25-55)58-23-28(24-58)57-16-14-56(15-17-57)27-6-7-34-36(18-27)54(2)44(65)60(34)35-8-9-40(62)52-42(35)63/h3-7,18,20-21,28,30-31,35,38,49H,8-17,19,22-25H2,1-2H3,(H,51,64)(H,52,62,63). The molecule has 3 N–H and O–H groups in total. The molecule has 0 bridgehead atoms. The Hall–Kier alpha value is -5.99. The third-order valence-electron chi connectivity index (χ3n) is 14.5. The Kier molecular flexibility index (Phi) is 10.2. The number of nitrogens with zero attached hydrogens (tertiary/aromatic N) is 10. The van der Waals surface area contributed by atoms with Crippen molar-refractivity contribution in [3.8, 4) is 0 Å². The van der Waals surface area contributed by atoms with Crippen molar-refractivity contribution in [2.75, 3.05) is 81.1 Å². The number of halogens is 3. The summed E-state index contributed by atoms with van der Waals surface area (Å²) < 4.78 is 50.3. The van der Waals surface area contributed by atoms with Gasteiger partial charge in [0.2, 0.25) is 11.8 Å². The molecule has 20 heteroatoms. The molecule has 1 aliphatic carbocycles. The van der Waals surface area contributed by atoms with Gasteiger partial charge in [-0.1, -0.05) is 12.1 Å². The number of benzene rings is 2. The molecule has 4 atom stereocenters. The Morgan fingerprint density at radius 3 is 2.49 bits per heavy atom. The molecule has 4 unspecified atom stereocenters. The number of anilines is 4. The molecule has 1 saturated carbocycles. The Bertz CT molecular complexity index is 2790. The maximum absolute atomic E-state index is 16.1. The van der Waals surface area contributed by atoms with Crippen LogP contribution in [-0.4, -0.2) is 152 Å². The van der Waals surface area contributed by atoms with E-state index < -0.39 is 42.0 Å². The third kappa shape index (κ3) is 7.29. The number of hydrogen-bond acceptors (Lipinski definition) is 12. The number of nitrogens with one attached hydrogen (secondary N) is 3. The van der Waals surface area contributed by atoms with Crippen LogP contribution in [0.3, 0.4) is 0 Å². The molecule has 11 rings (SSSR count). The maximum atomic E-state index is 16.1. The molecule has 3 aromatic heterocycles. The van der Waals surface area contributed by atoms with Gasteiger partial charge in [0.05, 0.1) is 41.5 Å². The highest BCUT2D eigenvalue weighted by Crippen LogP contribution is 2.40. The highest BCUT2D eigenvalue weighted by Gasteiger charge is 2.51. The average Bonchev–Trinajstić information content (AvgIpc) is 3.56. The second kappa shape index (κ2) is 15.9. The highest BCUT2D eigenvalue weighted by atomic mass is 19.3. The molecule has 65 heavy (non-hydrogen) atoms. The summed E-state index contributed by atoms with van der Waals surface area (Å²) >= 11 is 0. The van der Waals surface area contributed by atoms with Crippen molar-refractivity contribution < 1.29 is 27.6 Å². The van der Waals surface area contributed by atoms with Crippen molar-refractivity contribution in [3.05, 3.63) is 76.0 Å². The van der Waals surface area contributed by atoms with Crippen LogP contribution in [0, 0.1) is 0 Å². The minimum absolute atomic E-state index is 0.184. The number of rotatable bonds is 10. The summed E-state index contributed by atoms with van der Waals surface area (Å²) in [6.07, 6.45) is 2.27. The average molecular weight is 896 g/mol. The van der Waals surface area contributed by atoms with Gasteiger partial charge < -0.3 is 20.4 Å². The number of fused-ring (bicyclic) bond motifs is 3. The van der Waals surface area contributed by atoms with Crippen molar-refractivity contribution in [2.24, 2.45) is 7.05 Å². The van der Waals surface area contributed by atoms with Gasteiger partial charge in [0.1, 0.15) is 12.2 Å². The first-order valence-corrected chi connectivity index (χ1v) is 22.6. The lowest BCUT2D eigenvalue weighted by atomic mass is 9.93. The Balaban J connectivity index is 0.699. The molecule has 0 radical (unpaired) electrons. The molecule has 4 saturated heterocycles. The number of amides is 3. The van der Waals surface area contributed by atoms with Crippen molar-refractivity contribution in [1.29, 1.82) is 0 Å². The van der Waals surface area contributed by atoms with E-state index in [1.807, 2.05) is 52.3 Å². The van der Waals surface area contributed by atoms with Crippen LogP contribution in [-0.2, 0) is 29.6 Å². The second-order valence-electron chi connectivity index (χ2n) is 18.5. The van der Waals surface area contributed by atoms with E-state index in [9.17, 15) is 23.6 Å². The zero-order valence-electron chi connectivity index (χ0n) is 36.4. The molecule has 342 valence electrons. The van der Waals surface area contributed by atoms with Gasteiger partial charge in [-0.25, -0.2) is 27.5 Å². The van der Waals surface area contributed by atoms with Gasteiger partial charge in [-0.15, -0.1) is 5.10 Å². The van der Waals surface area contributed by atoms with Crippen molar-refractivity contribution in [2.45, 2.75) is 74.9 Å². The summed E-state index contributed by atoms with van der Waals surface area (Å²) in [6, 6.07) is 11.9. The molecule has 5 aromatic rings. The molecular formula is C45H52F3N13O4. The van der Waals surface area contributed by atoms with E-state index in [-0.39, 0.29) is 42.7 Å². The molecule has 2 aromatic carbocycles. The van der Waals surface area contributed by atoms with Crippen LogP contribution in [0.15, 0.2) is 53.5 Å². The van der Waals surface area contributed by atoms with E-state index in [0.717, 1.165) is 48.7 Å². The van der Waals surface area contributed by atoms with Crippen LogP contribution >= 0.6 is 0 Å². The van der Waals surface area contributed by atoms with Gasteiger partial charge in [0.15, 0.2) is 17.2 Å². The smallest absolute Gasteiger partial charge is 0.329 e. The first kappa shape index (κ1) is 41.7. The Morgan fingerprint density at radius 2 is 1.75 bits per heavy atom. The predicted molar refractivity (Wildman–Crippen MR) is 237 cm³/mol. The minimum Gasteiger partial charge on any atom is -0.385 e. The Labute approximate surface area is 372 Å². The zero-order valence-corrected chi connectivity index (χ0v) is 36.4. The summed E-state index contributed by atoms with van der Waals surface area (Å²) in [5.74, 6) is -3.49. The Morgan fingerprint density at radius 1 is 0.954 bits per heavy atom. The number of piperazine rings is 1. The number of carbonyl (C=O) groups is 3.